The molecule has 0 aromatic heterocycles. The Morgan fingerprint density at radius 2 is 1.85 bits per heavy atom. The van der Waals surface area contributed by atoms with Gasteiger partial charge in [-0.05, 0) is 55.0 Å². The number of anilines is 1. The van der Waals surface area contributed by atoms with E-state index in [1.54, 1.807) is 48.7 Å². The third-order valence-electron chi connectivity index (χ3n) is 3.39. The molecule has 0 spiro atoms. The zero-order valence-corrected chi connectivity index (χ0v) is 14.7. The number of aliphatic carboxylic acids is 1. The van der Waals surface area contributed by atoms with Gasteiger partial charge in [-0.2, -0.15) is 0 Å². The molecular formula is C19H20N2O5. The summed E-state index contributed by atoms with van der Waals surface area (Å²) in [5, 5.41) is 11.6. The number of carboxylic acids is 1. The number of ether oxygens (including phenoxy) is 2. The van der Waals surface area contributed by atoms with Crippen LogP contribution in [0.15, 0.2) is 47.5 Å². The van der Waals surface area contributed by atoms with Crippen LogP contribution in [0.2, 0.25) is 0 Å². The van der Waals surface area contributed by atoms with Gasteiger partial charge in [0.2, 0.25) is 5.91 Å². The minimum Gasteiger partial charge on any atom is -0.493 e. The fraction of sp³-hybridized carbons (Fsp3) is 0.211. The van der Waals surface area contributed by atoms with E-state index in [4.69, 9.17) is 14.6 Å². The number of rotatable bonds is 7. The highest BCUT2D eigenvalue weighted by atomic mass is 16.5. The van der Waals surface area contributed by atoms with Gasteiger partial charge in [0.25, 0.3) is 0 Å². The highest BCUT2D eigenvalue weighted by Gasteiger charge is 2.15. The average molecular weight is 356 g/mol. The maximum absolute atomic E-state index is 11.0. The second kappa shape index (κ2) is 8.66. The molecule has 26 heavy (non-hydrogen) atoms. The zero-order valence-electron chi connectivity index (χ0n) is 14.7. The summed E-state index contributed by atoms with van der Waals surface area (Å²) in [6.45, 7) is 2.89. The van der Waals surface area contributed by atoms with Gasteiger partial charge in [-0.3, -0.25) is 9.79 Å². The second-order valence-corrected chi connectivity index (χ2v) is 5.49. The molecule has 0 bridgehead atoms. The molecule has 0 aliphatic rings. The van der Waals surface area contributed by atoms with Gasteiger partial charge < -0.3 is 19.9 Å². The van der Waals surface area contributed by atoms with Crippen molar-refractivity contribution in [3.8, 4) is 11.5 Å². The molecule has 7 nitrogen and oxygen atoms in total. The van der Waals surface area contributed by atoms with Gasteiger partial charge in [0, 0.05) is 18.8 Å². The number of aliphatic imine (C=N–C) groups is 1. The number of hydrogen-bond donors (Lipinski definition) is 2. The van der Waals surface area contributed by atoms with E-state index in [9.17, 15) is 9.59 Å². The van der Waals surface area contributed by atoms with Crippen LogP contribution in [0.25, 0.3) is 0 Å². The Balaban J connectivity index is 2.12. The summed E-state index contributed by atoms with van der Waals surface area (Å²) in [6, 6.07) is 12.2. The van der Waals surface area contributed by atoms with E-state index in [0.29, 0.717) is 17.2 Å². The summed E-state index contributed by atoms with van der Waals surface area (Å²) >= 11 is 0. The van der Waals surface area contributed by atoms with Crippen molar-refractivity contribution >= 4 is 29.5 Å². The van der Waals surface area contributed by atoms with Crippen molar-refractivity contribution in [2.45, 2.75) is 20.0 Å². The van der Waals surface area contributed by atoms with Crippen LogP contribution in [0.4, 0.5) is 11.4 Å². The summed E-state index contributed by atoms with van der Waals surface area (Å²) in [4.78, 5) is 26.3. The number of amides is 1. The summed E-state index contributed by atoms with van der Waals surface area (Å²) in [5.74, 6) is -0.421. The second-order valence-electron chi connectivity index (χ2n) is 5.49. The van der Waals surface area contributed by atoms with Gasteiger partial charge in [-0.1, -0.05) is 0 Å². The topological polar surface area (TPSA) is 97.2 Å². The summed E-state index contributed by atoms with van der Waals surface area (Å²) < 4.78 is 10.6. The quantitative estimate of drug-likeness (QED) is 0.742. The molecule has 2 aromatic carbocycles. The molecule has 0 radical (unpaired) electrons. The Bertz CT molecular complexity index is 815. The van der Waals surface area contributed by atoms with Crippen LogP contribution < -0.4 is 14.8 Å². The van der Waals surface area contributed by atoms with E-state index < -0.39 is 12.1 Å². The fourth-order valence-corrected chi connectivity index (χ4v) is 2.09. The lowest BCUT2D eigenvalue weighted by molar-refractivity contribution is -0.144. The lowest BCUT2D eigenvalue weighted by Gasteiger charge is -2.14. The first-order chi connectivity index (χ1) is 12.4. The molecule has 136 valence electrons. The number of hydrogen-bond acceptors (Lipinski definition) is 5. The molecular weight excluding hydrogens is 336 g/mol. The van der Waals surface area contributed by atoms with Crippen molar-refractivity contribution in [1.29, 1.82) is 0 Å². The Morgan fingerprint density at radius 1 is 1.15 bits per heavy atom. The number of benzene rings is 2. The number of nitrogens with zero attached hydrogens (tertiary/aromatic N) is 1. The van der Waals surface area contributed by atoms with Gasteiger partial charge in [0.1, 0.15) is 0 Å². The maximum atomic E-state index is 11.0. The number of carbonyl (C=O) groups excluding carboxylic acids is 1. The van der Waals surface area contributed by atoms with E-state index in [1.165, 1.54) is 21.0 Å². The molecule has 0 unspecified atom stereocenters. The van der Waals surface area contributed by atoms with Crippen LogP contribution in [-0.2, 0) is 9.59 Å². The van der Waals surface area contributed by atoms with Crippen molar-refractivity contribution < 1.29 is 24.2 Å². The van der Waals surface area contributed by atoms with Crippen molar-refractivity contribution in [1.82, 2.24) is 0 Å². The Labute approximate surface area is 151 Å². The van der Waals surface area contributed by atoms with E-state index in [1.807, 2.05) is 0 Å². The summed E-state index contributed by atoms with van der Waals surface area (Å²) in [7, 11) is 1.48. The molecule has 7 heteroatoms. The smallest absolute Gasteiger partial charge is 0.344 e. The molecule has 0 fully saturated rings. The number of nitrogens with one attached hydrogen (secondary N) is 1. The van der Waals surface area contributed by atoms with Gasteiger partial charge >= 0.3 is 5.97 Å². The normalized spacial score (nSPS) is 11.8. The highest BCUT2D eigenvalue weighted by Crippen LogP contribution is 2.29. The van der Waals surface area contributed by atoms with Gasteiger partial charge in [-0.25, -0.2) is 4.79 Å². The first-order valence-electron chi connectivity index (χ1n) is 7.88. The van der Waals surface area contributed by atoms with Crippen molar-refractivity contribution in [2.75, 3.05) is 12.4 Å². The first-order valence-corrected chi connectivity index (χ1v) is 7.88. The van der Waals surface area contributed by atoms with Crippen LogP contribution in [0.3, 0.4) is 0 Å². The van der Waals surface area contributed by atoms with E-state index >= 15 is 0 Å². The third-order valence-corrected chi connectivity index (χ3v) is 3.39. The molecule has 0 saturated heterocycles. The molecule has 2 N–H and O–H groups in total. The molecule has 1 atom stereocenters. The van der Waals surface area contributed by atoms with Crippen molar-refractivity contribution in [3.05, 3.63) is 48.0 Å². The van der Waals surface area contributed by atoms with Crippen molar-refractivity contribution in [2.24, 2.45) is 4.99 Å². The van der Waals surface area contributed by atoms with Gasteiger partial charge in [0.15, 0.2) is 17.6 Å². The standard InChI is InChI=1S/C19H20N2O5/c1-12(19(23)24)26-17-9-4-14(10-18(17)25-3)11-20-15-5-7-16(8-6-15)21-13(2)22/h4-12H,1-3H3,(H,21,22)(H,23,24)/t12-/m0/s1. The first kappa shape index (κ1) is 19.0. The predicted octanol–water partition coefficient (Wildman–Crippen LogP) is 3.26. The zero-order chi connectivity index (χ0) is 19.1. The van der Waals surface area contributed by atoms with Crippen LogP contribution in [0.5, 0.6) is 11.5 Å². The van der Waals surface area contributed by atoms with Gasteiger partial charge in [0.05, 0.1) is 12.8 Å². The number of methoxy groups -OCH3 is 1. The minimum absolute atomic E-state index is 0.132. The molecule has 1 amide bonds. The third kappa shape index (κ3) is 5.34. The van der Waals surface area contributed by atoms with Crippen LogP contribution >= 0.6 is 0 Å². The minimum atomic E-state index is -1.06. The Kier molecular flexibility index (Phi) is 6.32. The molecule has 0 heterocycles. The fourth-order valence-electron chi connectivity index (χ4n) is 2.09. The molecule has 0 aliphatic heterocycles. The number of carboxylic acid groups (broad SMARTS) is 1. The summed E-state index contributed by atoms with van der Waals surface area (Å²) in [6.07, 6.45) is 0.672. The monoisotopic (exact) mass is 356 g/mol. The number of carbonyl (C=O) groups is 2. The van der Waals surface area contributed by atoms with E-state index in [0.717, 1.165) is 11.3 Å². The maximum Gasteiger partial charge on any atom is 0.344 e. The van der Waals surface area contributed by atoms with E-state index in [-0.39, 0.29) is 5.91 Å². The molecule has 0 saturated carbocycles. The van der Waals surface area contributed by atoms with E-state index in [2.05, 4.69) is 10.3 Å². The Hall–Kier alpha value is -3.35. The van der Waals surface area contributed by atoms with Crippen LogP contribution in [-0.4, -0.2) is 36.4 Å². The molecule has 0 aliphatic carbocycles. The SMILES string of the molecule is COc1cc(C=Nc2ccc(NC(C)=O)cc2)ccc1O[C@@H](C)C(=O)O. The molecule has 2 rings (SSSR count). The van der Waals surface area contributed by atoms with Gasteiger partial charge in [-0.15, -0.1) is 0 Å². The average Bonchev–Trinajstić information content (AvgIpc) is 2.61. The lowest BCUT2D eigenvalue weighted by Crippen LogP contribution is -2.23. The summed E-state index contributed by atoms with van der Waals surface area (Å²) in [5.41, 5.74) is 2.19. The predicted molar refractivity (Wildman–Crippen MR) is 98.7 cm³/mol. The van der Waals surface area contributed by atoms with Crippen LogP contribution in [0.1, 0.15) is 19.4 Å². The highest BCUT2D eigenvalue weighted by molar-refractivity contribution is 5.89. The van der Waals surface area contributed by atoms with Crippen LogP contribution in [0, 0.1) is 0 Å². The molecule has 2 aromatic rings. The van der Waals surface area contributed by atoms with Crippen molar-refractivity contribution in [3.63, 3.8) is 0 Å². The largest absolute Gasteiger partial charge is 0.493 e. The lowest BCUT2D eigenvalue weighted by atomic mass is 10.2. The Morgan fingerprint density at radius 3 is 2.42 bits per heavy atom.